The molecular weight excluding hydrogens is 345 g/mol. The Bertz CT molecular complexity index is 817. The van der Waals surface area contributed by atoms with Gasteiger partial charge in [-0.15, -0.1) is 0 Å². The predicted octanol–water partition coefficient (Wildman–Crippen LogP) is 3.88. The van der Waals surface area contributed by atoms with Crippen LogP contribution in [0.25, 0.3) is 0 Å². The fraction of sp³-hybridized carbons (Fsp3) is 0.333. The molecule has 5 nitrogen and oxygen atoms in total. The molecule has 2 aromatic carbocycles. The van der Waals surface area contributed by atoms with Gasteiger partial charge in [0.15, 0.2) is 0 Å². The number of carbonyl (C=O) groups excluding carboxylic acids is 2. The van der Waals surface area contributed by atoms with Crippen LogP contribution in [0.15, 0.2) is 48.5 Å². The van der Waals surface area contributed by atoms with Gasteiger partial charge in [-0.25, -0.2) is 9.18 Å². The summed E-state index contributed by atoms with van der Waals surface area (Å²) in [7, 11) is 0. The van der Waals surface area contributed by atoms with E-state index in [4.69, 9.17) is 0 Å². The Morgan fingerprint density at radius 1 is 1.07 bits per heavy atom. The van der Waals surface area contributed by atoms with Crippen molar-refractivity contribution in [2.45, 2.75) is 44.7 Å². The maximum Gasteiger partial charge on any atom is 0.315 e. The van der Waals surface area contributed by atoms with Crippen molar-refractivity contribution in [1.82, 2.24) is 10.6 Å². The van der Waals surface area contributed by atoms with Gasteiger partial charge in [0.2, 0.25) is 5.91 Å². The zero-order valence-electron chi connectivity index (χ0n) is 15.3. The van der Waals surface area contributed by atoms with Gasteiger partial charge in [-0.2, -0.15) is 0 Å². The Labute approximate surface area is 158 Å². The largest absolute Gasteiger partial charge is 0.334 e. The van der Waals surface area contributed by atoms with Crippen molar-refractivity contribution in [3.63, 3.8) is 0 Å². The molecule has 0 aliphatic heterocycles. The van der Waals surface area contributed by atoms with E-state index in [0.717, 1.165) is 18.4 Å². The van der Waals surface area contributed by atoms with Crippen molar-refractivity contribution in [3.05, 3.63) is 65.5 Å². The number of hydrogen-bond acceptors (Lipinski definition) is 2. The lowest BCUT2D eigenvalue weighted by atomic mass is 9.96. The number of amides is 3. The van der Waals surface area contributed by atoms with E-state index in [1.165, 1.54) is 6.07 Å². The summed E-state index contributed by atoms with van der Waals surface area (Å²) in [5.74, 6) is -0.681. The highest BCUT2D eigenvalue weighted by Gasteiger charge is 2.42. The lowest BCUT2D eigenvalue weighted by Gasteiger charge is -2.29. The van der Waals surface area contributed by atoms with E-state index in [0.29, 0.717) is 30.6 Å². The van der Waals surface area contributed by atoms with Gasteiger partial charge >= 0.3 is 6.03 Å². The molecule has 3 amide bonds. The third kappa shape index (κ3) is 4.64. The first-order chi connectivity index (χ1) is 13.0. The number of rotatable bonds is 5. The molecule has 2 aromatic rings. The van der Waals surface area contributed by atoms with E-state index in [1.54, 1.807) is 19.1 Å². The number of carbonyl (C=O) groups is 2. The zero-order chi connectivity index (χ0) is 19.3. The zero-order valence-corrected chi connectivity index (χ0v) is 15.3. The summed E-state index contributed by atoms with van der Waals surface area (Å²) in [5.41, 5.74) is 0.915. The number of benzene rings is 2. The predicted molar refractivity (Wildman–Crippen MR) is 103 cm³/mol. The Hall–Kier alpha value is -2.89. The van der Waals surface area contributed by atoms with Crippen LogP contribution < -0.4 is 16.0 Å². The lowest BCUT2D eigenvalue weighted by molar-refractivity contribution is -0.121. The van der Waals surface area contributed by atoms with E-state index in [2.05, 4.69) is 16.0 Å². The van der Waals surface area contributed by atoms with E-state index in [1.807, 2.05) is 30.3 Å². The van der Waals surface area contributed by atoms with Gasteiger partial charge in [-0.05, 0) is 43.0 Å². The molecular formula is C21H24FN3O2. The summed E-state index contributed by atoms with van der Waals surface area (Å²) in [6.07, 6.45) is 2.83. The highest BCUT2D eigenvalue weighted by atomic mass is 19.1. The molecule has 1 fully saturated rings. The van der Waals surface area contributed by atoms with Crippen LogP contribution in [0, 0.1) is 12.7 Å². The maximum atomic E-state index is 13.7. The lowest BCUT2D eigenvalue weighted by Crippen LogP contribution is -2.57. The molecule has 0 radical (unpaired) electrons. The number of hydrogen-bond donors (Lipinski definition) is 3. The second-order valence-corrected chi connectivity index (χ2v) is 7.00. The minimum atomic E-state index is -0.970. The Morgan fingerprint density at radius 3 is 2.44 bits per heavy atom. The van der Waals surface area contributed by atoms with Gasteiger partial charge in [0.05, 0.1) is 0 Å². The monoisotopic (exact) mass is 369 g/mol. The highest BCUT2D eigenvalue weighted by molar-refractivity contribution is 6.00. The maximum absolute atomic E-state index is 13.7. The number of halogens is 1. The van der Waals surface area contributed by atoms with E-state index >= 15 is 0 Å². The van der Waals surface area contributed by atoms with E-state index in [-0.39, 0.29) is 17.8 Å². The summed E-state index contributed by atoms with van der Waals surface area (Å²) in [6, 6.07) is 13.8. The van der Waals surface area contributed by atoms with Crippen LogP contribution in [0.1, 0.15) is 36.8 Å². The summed E-state index contributed by atoms with van der Waals surface area (Å²) in [6.45, 7) is 2.05. The molecule has 1 aliphatic carbocycles. The van der Waals surface area contributed by atoms with E-state index in [9.17, 15) is 14.0 Å². The quantitative estimate of drug-likeness (QED) is 0.748. The van der Waals surface area contributed by atoms with Gasteiger partial charge in [0, 0.05) is 12.2 Å². The summed E-state index contributed by atoms with van der Waals surface area (Å²) in [4.78, 5) is 25.2. The fourth-order valence-electron chi connectivity index (χ4n) is 3.35. The molecule has 0 saturated heterocycles. The average Bonchev–Trinajstić information content (AvgIpc) is 3.14. The van der Waals surface area contributed by atoms with E-state index < -0.39 is 5.54 Å². The Morgan fingerprint density at radius 2 is 1.78 bits per heavy atom. The summed E-state index contributed by atoms with van der Waals surface area (Å²) >= 11 is 0. The molecule has 6 heteroatoms. The van der Waals surface area contributed by atoms with Crippen LogP contribution in [0.2, 0.25) is 0 Å². The molecule has 1 aliphatic rings. The molecule has 27 heavy (non-hydrogen) atoms. The van der Waals surface area contributed by atoms with Crippen LogP contribution in [-0.2, 0) is 11.3 Å². The molecule has 3 rings (SSSR count). The molecule has 0 heterocycles. The topological polar surface area (TPSA) is 70.2 Å². The first kappa shape index (κ1) is 18.9. The number of nitrogens with one attached hydrogen (secondary N) is 3. The minimum Gasteiger partial charge on any atom is -0.334 e. The first-order valence-electron chi connectivity index (χ1n) is 9.16. The smallest absolute Gasteiger partial charge is 0.315 e. The number of urea groups is 1. The second kappa shape index (κ2) is 8.20. The van der Waals surface area contributed by atoms with Crippen LogP contribution in [0.5, 0.6) is 0 Å². The van der Waals surface area contributed by atoms with Crippen molar-refractivity contribution < 1.29 is 14.0 Å². The highest BCUT2D eigenvalue weighted by Crippen LogP contribution is 2.31. The average molecular weight is 369 g/mol. The van der Waals surface area contributed by atoms with Gasteiger partial charge in [-0.3, -0.25) is 4.79 Å². The van der Waals surface area contributed by atoms with Crippen molar-refractivity contribution in [2.75, 3.05) is 5.32 Å². The van der Waals surface area contributed by atoms with Crippen LogP contribution in [0.3, 0.4) is 0 Å². The van der Waals surface area contributed by atoms with Crippen molar-refractivity contribution in [3.8, 4) is 0 Å². The van der Waals surface area contributed by atoms with Crippen LogP contribution >= 0.6 is 0 Å². The molecule has 0 spiro atoms. The van der Waals surface area contributed by atoms with Gasteiger partial charge < -0.3 is 16.0 Å². The summed E-state index contributed by atoms with van der Waals surface area (Å²) in [5, 5.41) is 8.40. The van der Waals surface area contributed by atoms with Crippen LogP contribution in [0.4, 0.5) is 14.9 Å². The van der Waals surface area contributed by atoms with Gasteiger partial charge in [-0.1, -0.05) is 49.2 Å². The van der Waals surface area contributed by atoms with Crippen molar-refractivity contribution in [1.29, 1.82) is 0 Å². The number of aryl methyl sites for hydroxylation is 1. The molecule has 0 bridgehead atoms. The Kier molecular flexibility index (Phi) is 5.74. The third-order valence-electron chi connectivity index (χ3n) is 4.97. The molecule has 142 valence electrons. The standard InChI is InChI=1S/C21H24FN3O2/c1-15-9-10-17(13-18(15)22)24-19(26)21(11-5-6-12-21)25-20(27)23-14-16-7-3-2-4-8-16/h2-4,7-10,13H,5-6,11-12,14H2,1H3,(H,24,26)(H2,23,25,27). The first-order valence-corrected chi connectivity index (χ1v) is 9.16. The number of anilines is 1. The minimum absolute atomic E-state index is 0.307. The molecule has 0 unspecified atom stereocenters. The normalized spacial score (nSPS) is 15.2. The fourth-order valence-corrected chi connectivity index (χ4v) is 3.35. The molecule has 3 N–H and O–H groups in total. The summed E-state index contributed by atoms with van der Waals surface area (Å²) < 4.78 is 13.7. The van der Waals surface area contributed by atoms with Crippen molar-refractivity contribution >= 4 is 17.6 Å². The molecule has 0 atom stereocenters. The van der Waals surface area contributed by atoms with Crippen molar-refractivity contribution in [2.24, 2.45) is 0 Å². The van der Waals surface area contributed by atoms with Gasteiger partial charge in [0.1, 0.15) is 11.4 Å². The van der Waals surface area contributed by atoms with Crippen LogP contribution in [-0.4, -0.2) is 17.5 Å². The Balaban J connectivity index is 1.64. The molecule has 1 saturated carbocycles. The second-order valence-electron chi connectivity index (χ2n) is 7.00. The SMILES string of the molecule is Cc1ccc(NC(=O)C2(NC(=O)NCc3ccccc3)CCCC2)cc1F. The van der Waals surface area contributed by atoms with Gasteiger partial charge in [0.25, 0.3) is 0 Å². The third-order valence-corrected chi connectivity index (χ3v) is 4.97. The molecule has 0 aromatic heterocycles.